The first-order valence-electron chi connectivity index (χ1n) is 6.26. The Labute approximate surface area is 91.8 Å². The zero-order valence-corrected chi connectivity index (χ0v) is 9.36. The van der Waals surface area contributed by atoms with Crippen molar-refractivity contribution in [1.29, 1.82) is 0 Å². The SMILES string of the molecule is OC[C@H]1CC[C@@H](OC2CCCCO2)CC1. The molecule has 1 heterocycles. The predicted molar refractivity (Wildman–Crippen MR) is 57.5 cm³/mol. The molecule has 1 aliphatic heterocycles. The Bertz CT molecular complexity index is 170. The summed E-state index contributed by atoms with van der Waals surface area (Å²) in [7, 11) is 0. The van der Waals surface area contributed by atoms with E-state index in [-0.39, 0.29) is 6.29 Å². The molecule has 0 spiro atoms. The highest BCUT2D eigenvalue weighted by Gasteiger charge is 2.24. The van der Waals surface area contributed by atoms with Crippen LogP contribution in [0.3, 0.4) is 0 Å². The van der Waals surface area contributed by atoms with Crippen molar-refractivity contribution in [1.82, 2.24) is 0 Å². The molecule has 0 aromatic carbocycles. The van der Waals surface area contributed by atoms with Crippen LogP contribution in [0.1, 0.15) is 44.9 Å². The fourth-order valence-electron chi connectivity index (χ4n) is 2.48. The van der Waals surface area contributed by atoms with E-state index in [2.05, 4.69) is 0 Å². The van der Waals surface area contributed by atoms with Gasteiger partial charge in [0.05, 0.1) is 6.10 Å². The molecule has 1 unspecified atom stereocenters. The molecule has 1 saturated carbocycles. The molecule has 1 aliphatic carbocycles. The van der Waals surface area contributed by atoms with Crippen LogP contribution >= 0.6 is 0 Å². The molecule has 15 heavy (non-hydrogen) atoms. The van der Waals surface area contributed by atoms with Gasteiger partial charge in [-0.1, -0.05) is 0 Å². The lowest BCUT2D eigenvalue weighted by Crippen LogP contribution is -2.31. The van der Waals surface area contributed by atoms with Gasteiger partial charge in [-0.05, 0) is 50.9 Å². The van der Waals surface area contributed by atoms with Gasteiger partial charge in [0.1, 0.15) is 0 Å². The van der Waals surface area contributed by atoms with Crippen molar-refractivity contribution in [2.75, 3.05) is 13.2 Å². The summed E-state index contributed by atoms with van der Waals surface area (Å²) in [6.45, 7) is 1.20. The zero-order chi connectivity index (χ0) is 10.5. The highest BCUT2D eigenvalue weighted by Crippen LogP contribution is 2.28. The molecule has 2 fully saturated rings. The van der Waals surface area contributed by atoms with Crippen LogP contribution in [-0.2, 0) is 9.47 Å². The lowest BCUT2D eigenvalue weighted by atomic mass is 9.88. The maximum absolute atomic E-state index is 9.03. The van der Waals surface area contributed by atoms with Crippen LogP contribution < -0.4 is 0 Å². The second-order valence-electron chi connectivity index (χ2n) is 4.76. The molecule has 0 amide bonds. The summed E-state index contributed by atoms with van der Waals surface area (Å²) < 4.78 is 11.5. The van der Waals surface area contributed by atoms with Gasteiger partial charge in [-0.3, -0.25) is 0 Å². The van der Waals surface area contributed by atoms with E-state index in [9.17, 15) is 0 Å². The lowest BCUT2D eigenvalue weighted by molar-refractivity contribution is -0.194. The van der Waals surface area contributed by atoms with Crippen molar-refractivity contribution in [3.05, 3.63) is 0 Å². The summed E-state index contributed by atoms with van der Waals surface area (Å²) in [4.78, 5) is 0. The third kappa shape index (κ3) is 3.44. The molecule has 88 valence electrons. The normalized spacial score (nSPS) is 37.8. The van der Waals surface area contributed by atoms with Crippen LogP contribution in [0.4, 0.5) is 0 Å². The smallest absolute Gasteiger partial charge is 0.157 e. The monoisotopic (exact) mass is 214 g/mol. The molecule has 3 heteroatoms. The van der Waals surface area contributed by atoms with Crippen LogP contribution in [0, 0.1) is 5.92 Å². The first-order valence-corrected chi connectivity index (χ1v) is 6.26. The number of ether oxygens (including phenoxy) is 2. The summed E-state index contributed by atoms with van der Waals surface area (Å²) in [5.74, 6) is 0.511. The highest BCUT2D eigenvalue weighted by molar-refractivity contribution is 4.73. The number of aliphatic hydroxyl groups is 1. The van der Waals surface area contributed by atoms with E-state index in [0.717, 1.165) is 38.7 Å². The Morgan fingerprint density at radius 2 is 1.87 bits per heavy atom. The van der Waals surface area contributed by atoms with E-state index in [1.165, 1.54) is 12.8 Å². The topological polar surface area (TPSA) is 38.7 Å². The summed E-state index contributed by atoms with van der Waals surface area (Å²) in [5, 5.41) is 9.03. The van der Waals surface area contributed by atoms with Crippen molar-refractivity contribution in [3.8, 4) is 0 Å². The lowest BCUT2D eigenvalue weighted by Gasteiger charge is -2.32. The third-order valence-electron chi connectivity index (χ3n) is 3.53. The zero-order valence-electron chi connectivity index (χ0n) is 9.36. The fraction of sp³-hybridized carbons (Fsp3) is 1.00. The summed E-state index contributed by atoms with van der Waals surface area (Å²) in [5.41, 5.74) is 0. The minimum atomic E-state index is 0.0504. The largest absolute Gasteiger partial charge is 0.396 e. The van der Waals surface area contributed by atoms with E-state index in [0.29, 0.717) is 18.6 Å². The van der Waals surface area contributed by atoms with Gasteiger partial charge < -0.3 is 14.6 Å². The van der Waals surface area contributed by atoms with Crippen molar-refractivity contribution in [2.24, 2.45) is 5.92 Å². The molecule has 0 radical (unpaired) electrons. The Balaban J connectivity index is 1.67. The molecule has 1 saturated heterocycles. The predicted octanol–water partition coefficient (Wildman–Crippen LogP) is 2.08. The maximum Gasteiger partial charge on any atom is 0.157 e. The van der Waals surface area contributed by atoms with Crippen LogP contribution in [0.2, 0.25) is 0 Å². The Kier molecular flexibility index (Phi) is 4.42. The van der Waals surface area contributed by atoms with Crippen LogP contribution in [0.15, 0.2) is 0 Å². The summed E-state index contributed by atoms with van der Waals surface area (Å²) in [6, 6.07) is 0. The molecule has 1 atom stereocenters. The molecule has 2 aliphatic rings. The molecule has 1 N–H and O–H groups in total. The molecule has 2 rings (SSSR count). The van der Waals surface area contributed by atoms with E-state index >= 15 is 0 Å². The Morgan fingerprint density at radius 1 is 1.07 bits per heavy atom. The van der Waals surface area contributed by atoms with Crippen molar-refractivity contribution in [3.63, 3.8) is 0 Å². The summed E-state index contributed by atoms with van der Waals surface area (Å²) in [6.07, 6.45) is 8.27. The summed E-state index contributed by atoms with van der Waals surface area (Å²) >= 11 is 0. The van der Waals surface area contributed by atoms with Gasteiger partial charge in [0.25, 0.3) is 0 Å². The molecular weight excluding hydrogens is 192 g/mol. The van der Waals surface area contributed by atoms with Crippen molar-refractivity contribution < 1.29 is 14.6 Å². The van der Waals surface area contributed by atoms with Gasteiger partial charge in [0.15, 0.2) is 6.29 Å². The van der Waals surface area contributed by atoms with E-state index in [1.54, 1.807) is 0 Å². The first kappa shape index (κ1) is 11.4. The second kappa shape index (κ2) is 5.83. The van der Waals surface area contributed by atoms with E-state index in [4.69, 9.17) is 14.6 Å². The van der Waals surface area contributed by atoms with Gasteiger partial charge in [0.2, 0.25) is 0 Å². The maximum atomic E-state index is 9.03. The average Bonchev–Trinajstić information content (AvgIpc) is 2.31. The second-order valence-corrected chi connectivity index (χ2v) is 4.76. The van der Waals surface area contributed by atoms with Gasteiger partial charge in [-0.25, -0.2) is 0 Å². The van der Waals surface area contributed by atoms with E-state index < -0.39 is 0 Å². The standard InChI is InChI=1S/C12H22O3/c13-9-10-4-6-11(7-5-10)15-12-3-1-2-8-14-12/h10-13H,1-9H2/t10-,11+,12?. The minimum Gasteiger partial charge on any atom is -0.396 e. The number of hydrogen-bond donors (Lipinski definition) is 1. The minimum absolute atomic E-state index is 0.0504. The van der Waals surface area contributed by atoms with Crippen LogP contribution in [0.25, 0.3) is 0 Å². The van der Waals surface area contributed by atoms with Crippen LogP contribution in [-0.4, -0.2) is 30.7 Å². The first-order chi connectivity index (χ1) is 7.38. The van der Waals surface area contributed by atoms with Gasteiger partial charge in [-0.2, -0.15) is 0 Å². The van der Waals surface area contributed by atoms with E-state index in [1.807, 2.05) is 0 Å². The average molecular weight is 214 g/mol. The van der Waals surface area contributed by atoms with Crippen LogP contribution in [0.5, 0.6) is 0 Å². The highest BCUT2D eigenvalue weighted by atomic mass is 16.7. The Hall–Kier alpha value is -0.120. The Morgan fingerprint density at radius 3 is 2.47 bits per heavy atom. The molecular formula is C12H22O3. The van der Waals surface area contributed by atoms with Crippen molar-refractivity contribution >= 4 is 0 Å². The number of rotatable bonds is 3. The molecule has 0 bridgehead atoms. The molecule has 3 nitrogen and oxygen atoms in total. The number of aliphatic hydroxyl groups excluding tert-OH is 1. The molecule has 0 aromatic rings. The molecule has 0 aromatic heterocycles. The van der Waals surface area contributed by atoms with Gasteiger partial charge in [0, 0.05) is 13.2 Å². The third-order valence-corrected chi connectivity index (χ3v) is 3.53. The fourth-order valence-corrected chi connectivity index (χ4v) is 2.48. The van der Waals surface area contributed by atoms with Gasteiger partial charge >= 0.3 is 0 Å². The van der Waals surface area contributed by atoms with Crippen molar-refractivity contribution in [2.45, 2.75) is 57.3 Å². The van der Waals surface area contributed by atoms with Gasteiger partial charge in [-0.15, -0.1) is 0 Å². The number of hydrogen-bond acceptors (Lipinski definition) is 3. The quantitative estimate of drug-likeness (QED) is 0.781.